The summed E-state index contributed by atoms with van der Waals surface area (Å²) in [5.74, 6) is 0.811. The third-order valence-electron chi connectivity index (χ3n) is 11.6. The van der Waals surface area contributed by atoms with E-state index in [4.69, 9.17) is 4.74 Å². The molecule has 5 heteroatoms. The first-order valence-corrected chi connectivity index (χ1v) is 13.9. The number of hydrogen-bond acceptors (Lipinski definition) is 5. The Labute approximate surface area is 217 Å². The van der Waals surface area contributed by atoms with Gasteiger partial charge in [0.2, 0.25) is 0 Å². The van der Waals surface area contributed by atoms with E-state index in [9.17, 15) is 19.5 Å². The Morgan fingerprint density at radius 2 is 1.89 bits per heavy atom. The summed E-state index contributed by atoms with van der Waals surface area (Å²) in [7, 11) is 1.44. The lowest BCUT2D eigenvalue weighted by Crippen LogP contribution is -2.54. The van der Waals surface area contributed by atoms with E-state index in [2.05, 4.69) is 27.4 Å². The van der Waals surface area contributed by atoms with Crippen LogP contribution in [0.2, 0.25) is 0 Å². The monoisotopic (exact) mass is 498 g/mol. The van der Waals surface area contributed by atoms with Gasteiger partial charge in [-0.1, -0.05) is 32.9 Å². The van der Waals surface area contributed by atoms with Crippen molar-refractivity contribution >= 4 is 17.5 Å². The molecular formula is C31H46O5. The standard InChI is InChI=1S/C31H46O5/c1-19(2)14-22(33)15-20(3)27-24(34)16-29(6)25-9-8-23(21(4)17-32)30(11-10-26(35)36-7)18-31(25,30)13-12-28(27,29)5/h14,20,23,25,27,32H,4,8-13,15-18H2,1-3,5-7H3/t20-,23+,25+,27+,28-,29+,30-,31+/m1/s1. The van der Waals surface area contributed by atoms with Crippen LogP contribution in [0.5, 0.6) is 0 Å². The van der Waals surface area contributed by atoms with Gasteiger partial charge in [0.1, 0.15) is 5.78 Å². The molecule has 4 saturated carbocycles. The van der Waals surface area contributed by atoms with E-state index in [0.717, 1.165) is 49.7 Å². The van der Waals surface area contributed by atoms with Crippen molar-refractivity contribution in [3.63, 3.8) is 0 Å². The molecule has 0 aromatic rings. The van der Waals surface area contributed by atoms with Crippen molar-refractivity contribution in [2.45, 2.75) is 92.4 Å². The number of carbonyl (C=O) groups is 3. The van der Waals surface area contributed by atoms with Gasteiger partial charge in [-0.15, -0.1) is 0 Å². The van der Waals surface area contributed by atoms with E-state index in [1.807, 2.05) is 13.8 Å². The molecule has 4 aliphatic carbocycles. The maximum absolute atomic E-state index is 13.7. The van der Waals surface area contributed by atoms with Gasteiger partial charge in [-0.25, -0.2) is 0 Å². The number of rotatable bonds is 9. The van der Waals surface area contributed by atoms with Gasteiger partial charge >= 0.3 is 5.97 Å². The minimum atomic E-state index is -0.181. The summed E-state index contributed by atoms with van der Waals surface area (Å²) >= 11 is 0. The molecule has 36 heavy (non-hydrogen) atoms. The number of aliphatic hydroxyl groups is 1. The molecule has 5 nitrogen and oxygen atoms in total. The zero-order valence-corrected chi connectivity index (χ0v) is 23.2. The van der Waals surface area contributed by atoms with Gasteiger partial charge in [0.15, 0.2) is 5.78 Å². The summed E-state index contributed by atoms with van der Waals surface area (Å²) in [6.45, 7) is 14.9. The fraction of sp³-hybridized carbons (Fsp3) is 0.774. The first-order valence-electron chi connectivity index (χ1n) is 13.9. The van der Waals surface area contributed by atoms with Gasteiger partial charge in [0.25, 0.3) is 0 Å². The lowest BCUT2D eigenvalue weighted by molar-refractivity contribution is -0.143. The normalized spacial score (nSPS) is 41.4. The molecule has 0 saturated heterocycles. The van der Waals surface area contributed by atoms with Crippen molar-refractivity contribution in [3.8, 4) is 0 Å². The molecule has 0 aromatic heterocycles. The summed E-state index contributed by atoms with van der Waals surface area (Å²) in [5.41, 5.74) is 1.67. The van der Waals surface area contributed by atoms with Crippen LogP contribution in [0.1, 0.15) is 92.4 Å². The SMILES string of the molecule is C=C(CO)[C@@H]1CC[C@@H]2[C@]3(CC[C@]4(C)[C@@H]([C@H](C)CC(=O)C=C(C)C)C(=O)C[C@@]24C)C[C@]13CCC(=O)OC. The molecule has 4 rings (SSSR count). The number of ether oxygens (including phenoxy) is 1. The number of Topliss-reactive ketones (excluding diaryl/α,β-unsaturated/α-hetero) is 1. The Hall–Kier alpha value is -1.75. The van der Waals surface area contributed by atoms with E-state index in [-0.39, 0.29) is 57.8 Å². The summed E-state index contributed by atoms with van der Waals surface area (Å²) in [5, 5.41) is 9.99. The predicted molar refractivity (Wildman–Crippen MR) is 140 cm³/mol. The zero-order valence-electron chi connectivity index (χ0n) is 23.2. The molecule has 4 aliphatic rings. The molecule has 0 aliphatic heterocycles. The third-order valence-corrected chi connectivity index (χ3v) is 11.6. The first-order chi connectivity index (χ1) is 16.8. The second-order valence-corrected chi connectivity index (χ2v) is 13.4. The summed E-state index contributed by atoms with van der Waals surface area (Å²) in [6, 6.07) is 0. The molecule has 8 atom stereocenters. The van der Waals surface area contributed by atoms with E-state index in [0.29, 0.717) is 31.0 Å². The van der Waals surface area contributed by atoms with E-state index < -0.39 is 0 Å². The van der Waals surface area contributed by atoms with E-state index >= 15 is 0 Å². The largest absolute Gasteiger partial charge is 0.469 e. The average molecular weight is 499 g/mol. The van der Waals surface area contributed by atoms with Gasteiger partial charge < -0.3 is 9.84 Å². The van der Waals surface area contributed by atoms with Gasteiger partial charge in [-0.3, -0.25) is 14.4 Å². The second-order valence-electron chi connectivity index (χ2n) is 13.4. The van der Waals surface area contributed by atoms with Crippen LogP contribution in [0, 0.1) is 45.3 Å². The number of esters is 1. The number of fused-ring (bicyclic) bond motifs is 2. The van der Waals surface area contributed by atoms with Crippen molar-refractivity contribution in [1.29, 1.82) is 0 Å². The lowest BCUT2D eigenvalue weighted by Gasteiger charge is -2.60. The lowest BCUT2D eigenvalue weighted by atomic mass is 9.43. The van der Waals surface area contributed by atoms with Crippen molar-refractivity contribution in [2.24, 2.45) is 45.3 Å². The molecule has 0 heterocycles. The highest BCUT2D eigenvalue weighted by Gasteiger charge is 2.81. The Kier molecular flexibility index (Phi) is 6.99. The van der Waals surface area contributed by atoms with Gasteiger partial charge in [-0.05, 0) is 103 Å². The Balaban J connectivity index is 1.66. The second kappa shape index (κ2) is 9.22. The quantitative estimate of drug-likeness (QED) is 0.245. The van der Waals surface area contributed by atoms with E-state index in [1.54, 1.807) is 6.08 Å². The fourth-order valence-corrected chi connectivity index (χ4v) is 10.0. The molecule has 0 unspecified atom stereocenters. The van der Waals surface area contributed by atoms with Crippen molar-refractivity contribution in [1.82, 2.24) is 0 Å². The third kappa shape index (κ3) is 3.78. The fourth-order valence-electron chi connectivity index (χ4n) is 10.0. The molecule has 1 spiro atoms. The summed E-state index contributed by atoms with van der Waals surface area (Å²) in [4.78, 5) is 38.5. The van der Waals surface area contributed by atoms with Crippen LogP contribution < -0.4 is 0 Å². The molecule has 200 valence electrons. The van der Waals surface area contributed by atoms with Crippen LogP contribution in [0.4, 0.5) is 0 Å². The minimum Gasteiger partial charge on any atom is -0.469 e. The molecule has 0 aromatic carbocycles. The topological polar surface area (TPSA) is 80.7 Å². The van der Waals surface area contributed by atoms with Crippen LogP contribution in [0.15, 0.2) is 23.8 Å². The van der Waals surface area contributed by atoms with Crippen molar-refractivity contribution in [3.05, 3.63) is 23.8 Å². The maximum Gasteiger partial charge on any atom is 0.305 e. The molecular weight excluding hydrogens is 452 g/mol. The Morgan fingerprint density at radius 3 is 2.50 bits per heavy atom. The highest BCUT2D eigenvalue weighted by Crippen LogP contribution is 2.87. The van der Waals surface area contributed by atoms with Gasteiger partial charge in [-0.2, -0.15) is 0 Å². The maximum atomic E-state index is 13.7. The van der Waals surface area contributed by atoms with Crippen LogP contribution in [0.3, 0.4) is 0 Å². The highest BCUT2D eigenvalue weighted by atomic mass is 16.5. The highest BCUT2D eigenvalue weighted by molar-refractivity contribution is 5.92. The Bertz CT molecular complexity index is 991. The molecule has 0 radical (unpaired) electrons. The molecule has 4 fully saturated rings. The first kappa shape index (κ1) is 27.3. The minimum absolute atomic E-state index is 0.0157. The number of hydrogen-bond donors (Lipinski definition) is 1. The number of carbonyl (C=O) groups excluding carboxylic acids is 3. The number of aliphatic hydroxyl groups excluding tert-OH is 1. The molecule has 1 N–H and O–H groups in total. The number of allylic oxidation sites excluding steroid dienone is 2. The van der Waals surface area contributed by atoms with Crippen molar-refractivity contribution in [2.75, 3.05) is 13.7 Å². The summed E-state index contributed by atoms with van der Waals surface area (Å²) in [6.07, 6.45) is 8.90. The molecule has 0 bridgehead atoms. The average Bonchev–Trinajstić information content (AvgIpc) is 3.42. The van der Waals surface area contributed by atoms with Crippen molar-refractivity contribution < 1.29 is 24.2 Å². The van der Waals surface area contributed by atoms with Crippen LogP contribution in [-0.2, 0) is 19.1 Å². The van der Waals surface area contributed by atoms with Gasteiger partial charge in [0, 0.05) is 25.2 Å². The van der Waals surface area contributed by atoms with E-state index in [1.165, 1.54) is 7.11 Å². The Morgan fingerprint density at radius 1 is 1.19 bits per heavy atom. The van der Waals surface area contributed by atoms with Crippen LogP contribution in [0.25, 0.3) is 0 Å². The number of ketones is 2. The summed E-state index contributed by atoms with van der Waals surface area (Å²) < 4.78 is 4.99. The zero-order chi connectivity index (χ0) is 26.7. The smallest absolute Gasteiger partial charge is 0.305 e. The predicted octanol–water partition coefficient (Wildman–Crippen LogP) is 5.85. The van der Waals surface area contributed by atoms with Gasteiger partial charge in [0.05, 0.1) is 13.7 Å². The van der Waals surface area contributed by atoms with Crippen LogP contribution in [-0.4, -0.2) is 36.4 Å². The molecule has 0 amide bonds. The van der Waals surface area contributed by atoms with Crippen LogP contribution >= 0.6 is 0 Å². The number of methoxy groups -OCH3 is 1.